The molecule has 0 aliphatic rings. The van der Waals surface area contributed by atoms with E-state index in [1.165, 1.54) is 0 Å². The standard InChI is InChI=1S/C12H18BrNO3/c1-15-10-8(5-4-6-14)7-9(13)11(16-2)12(10)17-3/h7H,4-6,14H2,1-3H3. The van der Waals surface area contributed by atoms with Gasteiger partial charge in [0.1, 0.15) is 0 Å². The van der Waals surface area contributed by atoms with Gasteiger partial charge in [-0.15, -0.1) is 0 Å². The van der Waals surface area contributed by atoms with E-state index < -0.39 is 0 Å². The molecule has 0 aliphatic carbocycles. The summed E-state index contributed by atoms with van der Waals surface area (Å²) in [7, 11) is 4.82. The van der Waals surface area contributed by atoms with Crippen molar-refractivity contribution in [3.63, 3.8) is 0 Å². The van der Waals surface area contributed by atoms with Gasteiger partial charge in [-0.2, -0.15) is 0 Å². The maximum Gasteiger partial charge on any atom is 0.204 e. The van der Waals surface area contributed by atoms with E-state index in [2.05, 4.69) is 15.9 Å². The van der Waals surface area contributed by atoms with E-state index in [4.69, 9.17) is 19.9 Å². The molecule has 1 rings (SSSR count). The van der Waals surface area contributed by atoms with E-state index in [9.17, 15) is 0 Å². The van der Waals surface area contributed by atoms with Gasteiger partial charge in [-0.1, -0.05) is 0 Å². The molecule has 0 aromatic heterocycles. The monoisotopic (exact) mass is 303 g/mol. The van der Waals surface area contributed by atoms with Crippen LogP contribution in [-0.4, -0.2) is 27.9 Å². The van der Waals surface area contributed by atoms with Crippen LogP contribution >= 0.6 is 15.9 Å². The molecule has 0 aliphatic heterocycles. The number of hydrogen-bond donors (Lipinski definition) is 1. The quantitative estimate of drug-likeness (QED) is 0.876. The SMILES string of the molecule is COc1c(Br)cc(CCCN)c(OC)c1OC. The molecule has 0 saturated carbocycles. The third-order valence-corrected chi connectivity index (χ3v) is 3.07. The average Bonchev–Trinajstić information content (AvgIpc) is 2.35. The second kappa shape index (κ2) is 6.71. The lowest BCUT2D eigenvalue weighted by atomic mass is 10.1. The number of ether oxygens (including phenoxy) is 3. The highest BCUT2D eigenvalue weighted by atomic mass is 79.9. The summed E-state index contributed by atoms with van der Waals surface area (Å²) >= 11 is 3.46. The Morgan fingerprint density at radius 2 is 1.65 bits per heavy atom. The molecule has 17 heavy (non-hydrogen) atoms. The molecular formula is C12H18BrNO3. The number of methoxy groups -OCH3 is 3. The Morgan fingerprint density at radius 3 is 2.12 bits per heavy atom. The van der Waals surface area contributed by atoms with E-state index >= 15 is 0 Å². The van der Waals surface area contributed by atoms with Crippen molar-refractivity contribution in [3.05, 3.63) is 16.1 Å². The first-order chi connectivity index (χ1) is 8.19. The highest BCUT2D eigenvalue weighted by Gasteiger charge is 2.19. The summed E-state index contributed by atoms with van der Waals surface area (Å²) in [5.41, 5.74) is 6.58. The van der Waals surface area contributed by atoms with Crippen LogP contribution in [-0.2, 0) is 6.42 Å². The van der Waals surface area contributed by atoms with Crippen molar-refractivity contribution in [2.45, 2.75) is 12.8 Å². The van der Waals surface area contributed by atoms with Crippen LogP contribution in [0.2, 0.25) is 0 Å². The largest absolute Gasteiger partial charge is 0.492 e. The zero-order valence-electron chi connectivity index (χ0n) is 10.4. The summed E-state index contributed by atoms with van der Waals surface area (Å²) in [6, 6.07) is 1.98. The van der Waals surface area contributed by atoms with Crippen LogP contribution in [0.4, 0.5) is 0 Å². The minimum Gasteiger partial charge on any atom is -0.492 e. The Kier molecular flexibility index (Phi) is 5.58. The fourth-order valence-electron chi connectivity index (χ4n) is 1.72. The first-order valence-corrected chi connectivity index (χ1v) is 6.16. The van der Waals surface area contributed by atoms with Gasteiger partial charge in [-0.25, -0.2) is 0 Å². The Balaban J connectivity index is 3.26. The molecular weight excluding hydrogens is 286 g/mol. The third kappa shape index (κ3) is 3.04. The zero-order valence-corrected chi connectivity index (χ0v) is 12.0. The second-order valence-corrected chi connectivity index (χ2v) is 4.36. The van der Waals surface area contributed by atoms with E-state index in [1.807, 2.05) is 6.07 Å². The number of rotatable bonds is 6. The smallest absolute Gasteiger partial charge is 0.204 e. The van der Waals surface area contributed by atoms with Gasteiger partial charge < -0.3 is 19.9 Å². The van der Waals surface area contributed by atoms with Gasteiger partial charge in [0.25, 0.3) is 0 Å². The average molecular weight is 304 g/mol. The van der Waals surface area contributed by atoms with Gasteiger partial charge in [-0.3, -0.25) is 0 Å². The summed E-state index contributed by atoms with van der Waals surface area (Å²) in [6.07, 6.45) is 1.75. The normalized spacial score (nSPS) is 10.2. The zero-order chi connectivity index (χ0) is 12.8. The first-order valence-electron chi connectivity index (χ1n) is 5.37. The fraction of sp³-hybridized carbons (Fsp3) is 0.500. The topological polar surface area (TPSA) is 53.7 Å². The molecule has 5 heteroatoms. The summed E-state index contributed by atoms with van der Waals surface area (Å²) in [5.74, 6) is 1.96. The van der Waals surface area contributed by atoms with Gasteiger partial charge in [0.2, 0.25) is 5.75 Å². The second-order valence-electron chi connectivity index (χ2n) is 3.51. The molecule has 2 N–H and O–H groups in total. The van der Waals surface area contributed by atoms with Crippen LogP contribution < -0.4 is 19.9 Å². The Labute approximate surface area is 110 Å². The van der Waals surface area contributed by atoms with Gasteiger partial charge >= 0.3 is 0 Å². The molecule has 96 valence electrons. The molecule has 0 saturated heterocycles. The predicted octanol–water partition coefficient (Wildman–Crippen LogP) is 2.37. The van der Waals surface area contributed by atoms with Crippen LogP contribution in [0.3, 0.4) is 0 Å². The summed E-state index contributed by atoms with van der Waals surface area (Å²) < 4.78 is 16.9. The Bertz CT molecular complexity index is 383. The molecule has 0 amide bonds. The van der Waals surface area contributed by atoms with Crippen molar-refractivity contribution in [1.82, 2.24) is 0 Å². The van der Waals surface area contributed by atoms with Crippen LogP contribution in [0, 0.1) is 0 Å². The van der Waals surface area contributed by atoms with Gasteiger partial charge in [-0.05, 0) is 46.9 Å². The number of nitrogens with two attached hydrogens (primary N) is 1. The van der Waals surface area contributed by atoms with Crippen molar-refractivity contribution < 1.29 is 14.2 Å². The highest BCUT2D eigenvalue weighted by molar-refractivity contribution is 9.10. The molecule has 0 unspecified atom stereocenters. The van der Waals surface area contributed by atoms with Gasteiger partial charge in [0.05, 0.1) is 25.8 Å². The van der Waals surface area contributed by atoms with Crippen LogP contribution in [0.1, 0.15) is 12.0 Å². The molecule has 1 aromatic carbocycles. The predicted molar refractivity (Wildman–Crippen MR) is 71.2 cm³/mol. The molecule has 0 fully saturated rings. The maximum atomic E-state index is 5.52. The number of aryl methyl sites for hydroxylation is 1. The van der Waals surface area contributed by atoms with Gasteiger partial charge in [0, 0.05) is 0 Å². The van der Waals surface area contributed by atoms with E-state index in [0.29, 0.717) is 23.8 Å². The molecule has 0 heterocycles. The fourth-order valence-corrected chi connectivity index (χ4v) is 2.34. The summed E-state index contributed by atoms with van der Waals surface area (Å²) in [4.78, 5) is 0. The minimum absolute atomic E-state index is 0.608. The van der Waals surface area contributed by atoms with Crippen LogP contribution in [0.25, 0.3) is 0 Å². The van der Waals surface area contributed by atoms with Crippen molar-refractivity contribution in [3.8, 4) is 17.2 Å². The number of halogens is 1. The van der Waals surface area contributed by atoms with Crippen molar-refractivity contribution in [1.29, 1.82) is 0 Å². The van der Waals surface area contributed by atoms with E-state index in [0.717, 1.165) is 22.9 Å². The Morgan fingerprint density at radius 1 is 1.06 bits per heavy atom. The van der Waals surface area contributed by atoms with Gasteiger partial charge in [0.15, 0.2) is 11.5 Å². The number of hydrogen-bond acceptors (Lipinski definition) is 4. The molecule has 0 atom stereocenters. The van der Waals surface area contributed by atoms with Crippen LogP contribution in [0.15, 0.2) is 10.5 Å². The lowest BCUT2D eigenvalue weighted by molar-refractivity contribution is 0.321. The van der Waals surface area contributed by atoms with Crippen LogP contribution in [0.5, 0.6) is 17.2 Å². The lowest BCUT2D eigenvalue weighted by Gasteiger charge is -2.17. The molecule has 0 bridgehead atoms. The van der Waals surface area contributed by atoms with Crippen molar-refractivity contribution in [2.24, 2.45) is 5.73 Å². The van der Waals surface area contributed by atoms with E-state index in [-0.39, 0.29) is 0 Å². The first kappa shape index (κ1) is 14.1. The lowest BCUT2D eigenvalue weighted by Crippen LogP contribution is -2.04. The van der Waals surface area contributed by atoms with E-state index in [1.54, 1.807) is 21.3 Å². The summed E-state index contributed by atoms with van der Waals surface area (Å²) in [5, 5.41) is 0. The minimum atomic E-state index is 0.608. The molecule has 1 aromatic rings. The Hall–Kier alpha value is -0.940. The van der Waals surface area contributed by atoms with Crippen molar-refractivity contribution >= 4 is 15.9 Å². The molecule has 0 radical (unpaired) electrons. The number of benzene rings is 1. The third-order valence-electron chi connectivity index (χ3n) is 2.48. The highest BCUT2D eigenvalue weighted by Crippen LogP contribution is 2.45. The summed E-state index contributed by atoms with van der Waals surface area (Å²) in [6.45, 7) is 0.648. The van der Waals surface area contributed by atoms with Crippen molar-refractivity contribution in [2.75, 3.05) is 27.9 Å². The maximum absolute atomic E-state index is 5.52. The molecule has 0 spiro atoms. The molecule has 4 nitrogen and oxygen atoms in total.